The first-order chi connectivity index (χ1) is 17.6. The van der Waals surface area contributed by atoms with E-state index >= 15 is 0 Å². The average molecular weight is 530 g/mol. The van der Waals surface area contributed by atoms with E-state index < -0.39 is 46.1 Å². The van der Waals surface area contributed by atoms with Crippen LogP contribution in [-0.2, 0) is 32.6 Å². The first-order valence-electron chi connectivity index (χ1n) is 11.7. The monoisotopic (exact) mass is 529 g/mol. The summed E-state index contributed by atoms with van der Waals surface area (Å²) in [6.45, 7) is 1.42. The summed E-state index contributed by atoms with van der Waals surface area (Å²) in [4.78, 5) is 28.3. The van der Waals surface area contributed by atoms with E-state index in [-0.39, 0.29) is 18.7 Å². The van der Waals surface area contributed by atoms with Crippen LogP contribution in [0.1, 0.15) is 18.1 Å². The quantitative estimate of drug-likeness (QED) is 0.412. The standard InChI is InChI=1S/C27H29F2N3O4S/c1-3-30-27(34)25(16-20-10-6-4-7-11-20)31(18-21-12-8-5-9-13-21)26(33)19-32(37(2,35)36)22-14-15-23(28)24(29)17-22/h4-15,17,25H,3,16,18-19H2,1-2H3,(H,30,34). The number of sulfonamides is 1. The Morgan fingerprint density at radius 1 is 0.892 bits per heavy atom. The Labute approximate surface area is 215 Å². The smallest absolute Gasteiger partial charge is 0.244 e. The number of halogens is 2. The molecule has 7 nitrogen and oxygen atoms in total. The zero-order chi connectivity index (χ0) is 27.0. The van der Waals surface area contributed by atoms with Crippen molar-refractivity contribution in [2.75, 3.05) is 23.7 Å². The minimum Gasteiger partial charge on any atom is -0.355 e. The normalized spacial score (nSPS) is 12.0. The molecule has 0 spiro atoms. The van der Waals surface area contributed by atoms with Gasteiger partial charge in [0.2, 0.25) is 21.8 Å². The molecule has 3 aromatic carbocycles. The van der Waals surface area contributed by atoms with Gasteiger partial charge in [-0.05, 0) is 30.2 Å². The van der Waals surface area contributed by atoms with Gasteiger partial charge in [0.15, 0.2) is 11.6 Å². The van der Waals surface area contributed by atoms with Crippen molar-refractivity contribution >= 4 is 27.5 Å². The molecule has 0 fully saturated rings. The van der Waals surface area contributed by atoms with Gasteiger partial charge >= 0.3 is 0 Å². The molecule has 10 heteroatoms. The second kappa shape index (κ2) is 12.4. The maximum Gasteiger partial charge on any atom is 0.244 e. The number of anilines is 1. The Bertz CT molecular complexity index is 1320. The minimum atomic E-state index is -4.07. The van der Waals surface area contributed by atoms with E-state index in [1.165, 1.54) is 4.90 Å². The van der Waals surface area contributed by atoms with Gasteiger partial charge in [-0.2, -0.15) is 0 Å². The molecule has 196 valence electrons. The van der Waals surface area contributed by atoms with E-state index in [4.69, 9.17) is 0 Å². The zero-order valence-electron chi connectivity index (χ0n) is 20.6. The summed E-state index contributed by atoms with van der Waals surface area (Å²) in [7, 11) is -4.07. The third-order valence-electron chi connectivity index (χ3n) is 5.69. The molecule has 0 radical (unpaired) electrons. The summed E-state index contributed by atoms with van der Waals surface area (Å²) < 4.78 is 53.3. The predicted octanol–water partition coefficient (Wildman–Crippen LogP) is 3.51. The molecule has 0 aliphatic heterocycles. The SMILES string of the molecule is CCNC(=O)C(Cc1ccccc1)N(Cc1ccccc1)C(=O)CN(c1ccc(F)c(F)c1)S(C)(=O)=O. The lowest BCUT2D eigenvalue weighted by Gasteiger charge is -2.33. The van der Waals surface area contributed by atoms with E-state index in [0.717, 1.165) is 35.6 Å². The molecule has 3 aromatic rings. The van der Waals surface area contributed by atoms with Gasteiger partial charge in [0.05, 0.1) is 11.9 Å². The Morgan fingerprint density at radius 2 is 1.49 bits per heavy atom. The van der Waals surface area contributed by atoms with Crippen LogP contribution in [0, 0.1) is 11.6 Å². The molecule has 2 amide bonds. The Kier molecular flexibility index (Phi) is 9.35. The number of hydrogen-bond donors (Lipinski definition) is 1. The summed E-state index contributed by atoms with van der Waals surface area (Å²) in [5.74, 6) is -3.46. The lowest BCUT2D eigenvalue weighted by molar-refractivity contribution is -0.140. The van der Waals surface area contributed by atoms with Crippen molar-refractivity contribution in [3.05, 3.63) is 102 Å². The van der Waals surface area contributed by atoms with Crippen LogP contribution in [0.5, 0.6) is 0 Å². The van der Waals surface area contributed by atoms with Gasteiger partial charge in [-0.25, -0.2) is 17.2 Å². The maximum atomic E-state index is 13.9. The van der Waals surface area contributed by atoms with Crippen molar-refractivity contribution < 1.29 is 26.8 Å². The molecular weight excluding hydrogens is 500 g/mol. The van der Waals surface area contributed by atoms with E-state index in [1.54, 1.807) is 31.2 Å². The van der Waals surface area contributed by atoms with Crippen LogP contribution in [0.4, 0.5) is 14.5 Å². The highest BCUT2D eigenvalue weighted by atomic mass is 32.2. The number of likely N-dealkylation sites (N-methyl/N-ethyl adjacent to an activating group) is 1. The molecule has 37 heavy (non-hydrogen) atoms. The van der Waals surface area contributed by atoms with Crippen LogP contribution >= 0.6 is 0 Å². The van der Waals surface area contributed by atoms with Crippen molar-refractivity contribution in [1.29, 1.82) is 0 Å². The molecule has 0 aromatic heterocycles. The third-order valence-corrected chi connectivity index (χ3v) is 6.83. The topological polar surface area (TPSA) is 86.8 Å². The number of hydrogen-bond acceptors (Lipinski definition) is 4. The summed E-state index contributed by atoms with van der Waals surface area (Å²) in [6.07, 6.45) is 1.06. The molecule has 0 heterocycles. The highest BCUT2D eigenvalue weighted by Crippen LogP contribution is 2.22. The van der Waals surface area contributed by atoms with Crippen LogP contribution in [0.2, 0.25) is 0 Å². The minimum absolute atomic E-state index is 0.0314. The van der Waals surface area contributed by atoms with Crippen LogP contribution in [-0.4, -0.2) is 50.5 Å². The maximum absolute atomic E-state index is 13.9. The average Bonchev–Trinajstić information content (AvgIpc) is 2.87. The Hall–Kier alpha value is -3.79. The van der Waals surface area contributed by atoms with Crippen LogP contribution in [0.3, 0.4) is 0 Å². The van der Waals surface area contributed by atoms with Gasteiger partial charge < -0.3 is 10.2 Å². The summed E-state index contributed by atoms with van der Waals surface area (Å²) in [6, 6.07) is 19.8. The zero-order valence-corrected chi connectivity index (χ0v) is 21.4. The number of amides is 2. The lowest BCUT2D eigenvalue weighted by Crippen LogP contribution is -2.53. The van der Waals surface area contributed by atoms with E-state index in [9.17, 15) is 26.8 Å². The predicted molar refractivity (Wildman–Crippen MR) is 138 cm³/mol. The summed E-state index contributed by atoms with van der Waals surface area (Å²) in [5.41, 5.74) is 1.34. The Balaban J connectivity index is 2.03. The molecule has 3 rings (SSSR count). The number of carbonyl (C=O) groups is 2. The van der Waals surface area contributed by atoms with E-state index in [0.29, 0.717) is 10.8 Å². The second-order valence-electron chi connectivity index (χ2n) is 8.48. The molecule has 0 saturated carbocycles. The fourth-order valence-electron chi connectivity index (χ4n) is 3.88. The van der Waals surface area contributed by atoms with Gasteiger partial charge in [0.25, 0.3) is 0 Å². The van der Waals surface area contributed by atoms with Crippen LogP contribution < -0.4 is 9.62 Å². The largest absolute Gasteiger partial charge is 0.355 e. The molecule has 1 N–H and O–H groups in total. The molecule has 0 aliphatic carbocycles. The van der Waals surface area contributed by atoms with Crippen molar-refractivity contribution in [3.63, 3.8) is 0 Å². The first kappa shape index (κ1) is 27.8. The highest BCUT2D eigenvalue weighted by Gasteiger charge is 2.33. The molecule has 1 unspecified atom stereocenters. The Morgan fingerprint density at radius 3 is 2.03 bits per heavy atom. The number of nitrogens with one attached hydrogen (secondary N) is 1. The van der Waals surface area contributed by atoms with E-state index in [1.807, 2.05) is 36.4 Å². The lowest BCUT2D eigenvalue weighted by atomic mass is 10.0. The summed E-state index contributed by atoms with van der Waals surface area (Å²) >= 11 is 0. The third kappa shape index (κ3) is 7.60. The van der Waals surface area contributed by atoms with Crippen molar-refractivity contribution in [2.24, 2.45) is 0 Å². The van der Waals surface area contributed by atoms with Crippen LogP contribution in [0.15, 0.2) is 78.9 Å². The molecule has 0 bridgehead atoms. The summed E-state index contributed by atoms with van der Waals surface area (Å²) in [5, 5.41) is 2.76. The fraction of sp³-hybridized carbons (Fsp3) is 0.259. The fourth-order valence-corrected chi connectivity index (χ4v) is 4.72. The number of rotatable bonds is 11. The highest BCUT2D eigenvalue weighted by molar-refractivity contribution is 7.92. The second-order valence-corrected chi connectivity index (χ2v) is 10.4. The molecule has 1 atom stereocenters. The van der Waals surface area contributed by atoms with Crippen molar-refractivity contribution in [1.82, 2.24) is 10.2 Å². The van der Waals surface area contributed by atoms with Gasteiger partial charge in [-0.15, -0.1) is 0 Å². The number of benzene rings is 3. The molecular formula is C27H29F2N3O4S. The first-order valence-corrected chi connectivity index (χ1v) is 13.5. The molecule has 0 aliphatic rings. The van der Waals surface area contributed by atoms with Gasteiger partial charge in [0.1, 0.15) is 12.6 Å². The number of carbonyl (C=O) groups excluding carboxylic acids is 2. The van der Waals surface area contributed by atoms with Crippen molar-refractivity contribution in [3.8, 4) is 0 Å². The van der Waals surface area contributed by atoms with Crippen molar-refractivity contribution in [2.45, 2.75) is 25.9 Å². The molecule has 0 saturated heterocycles. The van der Waals surface area contributed by atoms with Gasteiger partial charge in [0, 0.05) is 25.6 Å². The van der Waals surface area contributed by atoms with Gasteiger partial charge in [-0.1, -0.05) is 60.7 Å². The van der Waals surface area contributed by atoms with Gasteiger partial charge in [-0.3, -0.25) is 13.9 Å². The number of nitrogens with zero attached hydrogens (tertiary/aromatic N) is 2. The van der Waals surface area contributed by atoms with E-state index in [2.05, 4.69) is 5.32 Å². The van der Waals surface area contributed by atoms with Crippen LogP contribution in [0.25, 0.3) is 0 Å².